The van der Waals surface area contributed by atoms with Gasteiger partial charge >= 0.3 is 0 Å². The van der Waals surface area contributed by atoms with Gasteiger partial charge in [-0.25, -0.2) is 4.99 Å². The van der Waals surface area contributed by atoms with E-state index in [-0.39, 0.29) is 12.7 Å². The number of aromatic nitrogens is 1. The highest BCUT2D eigenvalue weighted by Crippen LogP contribution is 2.39. The number of nitrogens with two attached hydrogens (primary N) is 1. The summed E-state index contributed by atoms with van der Waals surface area (Å²) in [4.78, 5) is 4.19. The monoisotopic (exact) mass is 302 g/mol. The maximum absolute atomic E-state index is 9.59. The van der Waals surface area contributed by atoms with Gasteiger partial charge in [-0.1, -0.05) is 13.0 Å². The predicted octanol–water partition coefficient (Wildman–Crippen LogP) is 1.54. The van der Waals surface area contributed by atoms with Crippen molar-refractivity contribution >= 4 is 5.84 Å². The molecule has 0 spiro atoms. The van der Waals surface area contributed by atoms with Crippen molar-refractivity contribution in [1.29, 1.82) is 5.26 Å². The molecule has 1 aliphatic heterocycles. The normalized spacial score (nSPS) is 25.7. The fourth-order valence-corrected chi connectivity index (χ4v) is 2.70. The predicted molar refractivity (Wildman–Crippen MR) is 84.1 cm³/mol. The lowest BCUT2D eigenvalue weighted by Crippen LogP contribution is -2.29. The smallest absolute Gasteiger partial charge is 0.194 e. The standard InChI is InChI=1S/C16H22N4O2/c1-3-4-9-19-15(18)13-5-6-14(20(13)2)16(11-17)8-7-12(10-21)22-16/h4-6,9,12,21H,3,7-8,10H2,1-2H3,(H2,18,19)/b9-4+. The van der Waals surface area contributed by atoms with Crippen molar-refractivity contribution in [3.8, 4) is 6.07 Å². The molecule has 2 heterocycles. The van der Waals surface area contributed by atoms with Crippen molar-refractivity contribution in [1.82, 2.24) is 4.57 Å². The Hall–Kier alpha value is -2.10. The van der Waals surface area contributed by atoms with Crippen LogP contribution in [0.25, 0.3) is 0 Å². The Morgan fingerprint density at radius 1 is 1.68 bits per heavy atom. The van der Waals surface area contributed by atoms with Gasteiger partial charge in [-0.15, -0.1) is 0 Å². The van der Waals surface area contributed by atoms with E-state index >= 15 is 0 Å². The van der Waals surface area contributed by atoms with Crippen LogP contribution in [0.4, 0.5) is 0 Å². The lowest BCUT2D eigenvalue weighted by atomic mass is 9.97. The molecule has 0 aliphatic carbocycles. The van der Waals surface area contributed by atoms with Gasteiger partial charge in [-0.05, 0) is 31.4 Å². The molecule has 0 saturated carbocycles. The quantitative estimate of drug-likeness (QED) is 0.637. The van der Waals surface area contributed by atoms with E-state index in [4.69, 9.17) is 10.5 Å². The minimum Gasteiger partial charge on any atom is -0.394 e. The van der Waals surface area contributed by atoms with Gasteiger partial charge in [0.15, 0.2) is 5.60 Å². The molecular weight excluding hydrogens is 280 g/mol. The zero-order valence-electron chi connectivity index (χ0n) is 13.0. The van der Waals surface area contributed by atoms with Crippen molar-refractivity contribution in [2.75, 3.05) is 6.61 Å². The Bertz CT molecular complexity index is 627. The Labute approximate surface area is 130 Å². The van der Waals surface area contributed by atoms with Gasteiger partial charge in [0.25, 0.3) is 0 Å². The number of nitriles is 1. The van der Waals surface area contributed by atoms with E-state index in [1.165, 1.54) is 0 Å². The molecular formula is C16H22N4O2. The highest BCUT2D eigenvalue weighted by Gasteiger charge is 2.44. The van der Waals surface area contributed by atoms with Crippen molar-refractivity contribution in [3.63, 3.8) is 0 Å². The van der Waals surface area contributed by atoms with Crippen molar-refractivity contribution in [2.45, 2.75) is 37.9 Å². The molecule has 1 aliphatic rings. The number of aliphatic imine (C=N–C) groups is 1. The fraction of sp³-hybridized carbons (Fsp3) is 0.500. The van der Waals surface area contributed by atoms with E-state index in [0.29, 0.717) is 18.7 Å². The van der Waals surface area contributed by atoms with Crippen LogP contribution in [0.5, 0.6) is 0 Å². The molecule has 1 aromatic heterocycles. The molecule has 1 fully saturated rings. The molecule has 2 rings (SSSR count). The van der Waals surface area contributed by atoms with Crippen molar-refractivity contribution < 1.29 is 9.84 Å². The molecule has 3 N–H and O–H groups in total. The van der Waals surface area contributed by atoms with E-state index in [9.17, 15) is 10.4 Å². The minimum atomic E-state index is -1.03. The molecule has 2 unspecified atom stereocenters. The van der Waals surface area contributed by atoms with E-state index in [2.05, 4.69) is 11.1 Å². The second kappa shape index (κ2) is 6.77. The number of hydrogen-bond acceptors (Lipinski definition) is 4. The summed E-state index contributed by atoms with van der Waals surface area (Å²) in [7, 11) is 1.84. The molecule has 1 aromatic rings. The van der Waals surface area contributed by atoms with Gasteiger partial charge in [0.05, 0.1) is 24.1 Å². The van der Waals surface area contributed by atoms with Gasteiger partial charge < -0.3 is 20.1 Å². The third-order valence-corrected chi connectivity index (χ3v) is 3.92. The molecule has 6 nitrogen and oxygen atoms in total. The molecule has 0 radical (unpaired) electrons. The Morgan fingerprint density at radius 3 is 3.05 bits per heavy atom. The van der Waals surface area contributed by atoms with Gasteiger partial charge in [0.2, 0.25) is 0 Å². The van der Waals surface area contributed by atoms with Crippen LogP contribution in [-0.4, -0.2) is 28.2 Å². The maximum Gasteiger partial charge on any atom is 0.194 e. The van der Waals surface area contributed by atoms with Crippen LogP contribution >= 0.6 is 0 Å². The summed E-state index contributed by atoms with van der Waals surface area (Å²) >= 11 is 0. The average Bonchev–Trinajstić information content (AvgIpc) is 3.11. The third kappa shape index (κ3) is 2.91. The summed E-state index contributed by atoms with van der Waals surface area (Å²) in [6, 6.07) is 5.93. The average molecular weight is 302 g/mol. The van der Waals surface area contributed by atoms with Crippen LogP contribution < -0.4 is 5.73 Å². The van der Waals surface area contributed by atoms with E-state index < -0.39 is 5.60 Å². The summed E-state index contributed by atoms with van der Waals surface area (Å²) < 4.78 is 7.61. The number of rotatable bonds is 5. The Morgan fingerprint density at radius 2 is 2.45 bits per heavy atom. The lowest BCUT2D eigenvalue weighted by Gasteiger charge is -2.23. The molecule has 0 bridgehead atoms. The highest BCUT2D eigenvalue weighted by atomic mass is 16.5. The number of ether oxygens (including phenoxy) is 1. The summed E-state index contributed by atoms with van der Waals surface area (Å²) in [5.41, 5.74) is 6.45. The number of allylic oxidation sites excluding steroid dienone is 1. The molecule has 22 heavy (non-hydrogen) atoms. The topological polar surface area (TPSA) is 96.6 Å². The minimum absolute atomic E-state index is 0.0773. The largest absolute Gasteiger partial charge is 0.394 e. The molecule has 1 saturated heterocycles. The highest BCUT2D eigenvalue weighted by molar-refractivity contribution is 5.96. The first-order chi connectivity index (χ1) is 10.6. The van der Waals surface area contributed by atoms with Crippen molar-refractivity contribution in [3.05, 3.63) is 35.8 Å². The second-order valence-corrected chi connectivity index (χ2v) is 5.37. The Balaban J connectivity index is 2.33. The van der Waals surface area contributed by atoms with Crippen LogP contribution in [-0.2, 0) is 17.4 Å². The number of aliphatic hydroxyl groups is 1. The molecule has 6 heteroatoms. The summed E-state index contributed by atoms with van der Waals surface area (Å²) in [5.74, 6) is 0.392. The van der Waals surface area contributed by atoms with Gasteiger partial charge in [-0.3, -0.25) is 0 Å². The zero-order chi connectivity index (χ0) is 16.2. The van der Waals surface area contributed by atoms with Crippen molar-refractivity contribution in [2.24, 2.45) is 17.8 Å². The van der Waals surface area contributed by atoms with Crippen LogP contribution in [0.2, 0.25) is 0 Å². The van der Waals surface area contributed by atoms with Crippen LogP contribution in [0, 0.1) is 11.3 Å². The molecule has 0 aromatic carbocycles. The van der Waals surface area contributed by atoms with E-state index in [1.807, 2.05) is 36.7 Å². The summed E-state index contributed by atoms with van der Waals surface area (Å²) in [6.07, 6.45) is 5.40. The van der Waals surface area contributed by atoms with E-state index in [1.54, 1.807) is 6.20 Å². The van der Waals surface area contributed by atoms with Crippen LogP contribution in [0.3, 0.4) is 0 Å². The zero-order valence-corrected chi connectivity index (χ0v) is 13.0. The van der Waals surface area contributed by atoms with Crippen LogP contribution in [0.1, 0.15) is 37.6 Å². The first-order valence-electron chi connectivity index (χ1n) is 7.42. The van der Waals surface area contributed by atoms with E-state index in [0.717, 1.165) is 17.8 Å². The number of aliphatic hydroxyl groups excluding tert-OH is 1. The maximum atomic E-state index is 9.59. The number of hydrogen-bond donors (Lipinski definition) is 2. The SMILES string of the molecule is CC/C=C/N=C(N)c1ccc(C2(C#N)CCC(CO)O2)n1C. The second-order valence-electron chi connectivity index (χ2n) is 5.37. The third-order valence-electron chi connectivity index (χ3n) is 3.92. The number of amidine groups is 1. The first-order valence-corrected chi connectivity index (χ1v) is 7.42. The number of nitrogens with zero attached hydrogens (tertiary/aromatic N) is 3. The van der Waals surface area contributed by atoms with Gasteiger partial charge in [0.1, 0.15) is 11.9 Å². The molecule has 118 valence electrons. The lowest BCUT2D eigenvalue weighted by molar-refractivity contribution is -0.0329. The molecule has 0 amide bonds. The first kappa shape index (κ1) is 16.3. The summed E-state index contributed by atoms with van der Waals surface area (Å²) in [6.45, 7) is 1.95. The van der Waals surface area contributed by atoms with Crippen LogP contribution in [0.15, 0.2) is 29.4 Å². The fourth-order valence-electron chi connectivity index (χ4n) is 2.70. The molecule has 2 atom stereocenters. The van der Waals surface area contributed by atoms with Gasteiger partial charge in [-0.2, -0.15) is 5.26 Å². The Kier molecular flexibility index (Phi) is 5.01. The van der Waals surface area contributed by atoms with Gasteiger partial charge in [0, 0.05) is 13.2 Å². The summed E-state index contributed by atoms with van der Waals surface area (Å²) in [5, 5.41) is 18.8.